The largest absolute Gasteiger partial charge is 0.481 e. The molecule has 0 saturated heterocycles. The number of carbonyl (C=O) groups is 1. The SMILES string of the molecule is Cc1cccc(OC(C)C(=O)NCCc2ccc(F)cc2)c1. The average molecular weight is 301 g/mol. The van der Waals surface area contributed by atoms with Crippen LogP contribution in [0.3, 0.4) is 0 Å². The van der Waals surface area contributed by atoms with E-state index in [1.54, 1.807) is 19.1 Å². The normalized spacial score (nSPS) is 11.8. The smallest absolute Gasteiger partial charge is 0.260 e. The second-order valence-electron chi connectivity index (χ2n) is 5.24. The quantitative estimate of drug-likeness (QED) is 0.889. The van der Waals surface area contributed by atoms with Gasteiger partial charge in [0.1, 0.15) is 11.6 Å². The van der Waals surface area contributed by atoms with Gasteiger partial charge in [0.05, 0.1) is 0 Å². The van der Waals surface area contributed by atoms with Gasteiger partial charge in [0, 0.05) is 6.54 Å². The molecule has 3 nitrogen and oxygen atoms in total. The molecule has 2 rings (SSSR count). The van der Waals surface area contributed by atoms with E-state index in [9.17, 15) is 9.18 Å². The second kappa shape index (κ2) is 7.59. The Bertz CT molecular complexity index is 625. The first-order valence-corrected chi connectivity index (χ1v) is 7.30. The van der Waals surface area contributed by atoms with Crippen molar-refractivity contribution >= 4 is 5.91 Å². The Hall–Kier alpha value is -2.36. The van der Waals surface area contributed by atoms with Crippen molar-refractivity contribution in [2.75, 3.05) is 6.54 Å². The number of benzene rings is 2. The summed E-state index contributed by atoms with van der Waals surface area (Å²) < 4.78 is 18.4. The van der Waals surface area contributed by atoms with Crippen LogP contribution in [0, 0.1) is 12.7 Å². The molecule has 2 aromatic rings. The van der Waals surface area contributed by atoms with Crippen molar-refractivity contribution in [2.45, 2.75) is 26.4 Å². The Morgan fingerprint density at radius 1 is 1.23 bits per heavy atom. The van der Waals surface area contributed by atoms with Gasteiger partial charge < -0.3 is 10.1 Å². The van der Waals surface area contributed by atoms with Gasteiger partial charge in [-0.2, -0.15) is 0 Å². The number of carbonyl (C=O) groups excluding carboxylic acids is 1. The van der Waals surface area contributed by atoms with E-state index in [1.165, 1.54) is 12.1 Å². The van der Waals surface area contributed by atoms with Crippen molar-refractivity contribution in [2.24, 2.45) is 0 Å². The molecule has 2 aromatic carbocycles. The highest BCUT2D eigenvalue weighted by Crippen LogP contribution is 2.14. The lowest BCUT2D eigenvalue weighted by Crippen LogP contribution is -2.37. The molecule has 0 heterocycles. The van der Waals surface area contributed by atoms with Crippen LogP contribution in [0.4, 0.5) is 4.39 Å². The molecule has 1 unspecified atom stereocenters. The highest BCUT2D eigenvalue weighted by atomic mass is 19.1. The summed E-state index contributed by atoms with van der Waals surface area (Å²) in [4.78, 5) is 12.0. The Labute approximate surface area is 130 Å². The van der Waals surface area contributed by atoms with Crippen LogP contribution < -0.4 is 10.1 Å². The number of aryl methyl sites for hydroxylation is 1. The molecule has 1 atom stereocenters. The van der Waals surface area contributed by atoms with Crippen LogP contribution in [0.15, 0.2) is 48.5 Å². The Balaban J connectivity index is 1.77. The van der Waals surface area contributed by atoms with Crippen molar-refractivity contribution in [1.82, 2.24) is 5.32 Å². The van der Waals surface area contributed by atoms with Crippen LogP contribution in [0.1, 0.15) is 18.1 Å². The van der Waals surface area contributed by atoms with E-state index < -0.39 is 6.10 Å². The molecule has 0 aliphatic rings. The molecule has 0 bridgehead atoms. The summed E-state index contributed by atoms with van der Waals surface area (Å²) in [6.07, 6.45) is 0.0958. The molecule has 4 heteroatoms. The number of ether oxygens (including phenoxy) is 1. The number of hydrogen-bond donors (Lipinski definition) is 1. The topological polar surface area (TPSA) is 38.3 Å². The van der Waals surface area contributed by atoms with E-state index in [0.29, 0.717) is 18.7 Å². The minimum Gasteiger partial charge on any atom is -0.481 e. The molecule has 1 amide bonds. The zero-order valence-electron chi connectivity index (χ0n) is 12.8. The Kier molecular flexibility index (Phi) is 5.53. The summed E-state index contributed by atoms with van der Waals surface area (Å²) in [5.41, 5.74) is 2.07. The van der Waals surface area contributed by atoms with Crippen molar-refractivity contribution in [3.63, 3.8) is 0 Å². The van der Waals surface area contributed by atoms with Crippen LogP contribution in [0.25, 0.3) is 0 Å². The van der Waals surface area contributed by atoms with Gasteiger partial charge in [-0.3, -0.25) is 4.79 Å². The van der Waals surface area contributed by atoms with Crippen molar-refractivity contribution in [1.29, 1.82) is 0 Å². The average Bonchev–Trinajstić information content (AvgIpc) is 2.49. The maximum Gasteiger partial charge on any atom is 0.260 e. The van der Waals surface area contributed by atoms with Crippen LogP contribution in [-0.4, -0.2) is 18.6 Å². The lowest BCUT2D eigenvalue weighted by molar-refractivity contribution is -0.127. The number of halogens is 1. The molecular formula is C18H20FNO2. The lowest BCUT2D eigenvalue weighted by Gasteiger charge is -2.15. The van der Waals surface area contributed by atoms with E-state index in [4.69, 9.17) is 4.74 Å². The summed E-state index contributed by atoms with van der Waals surface area (Å²) in [5, 5.41) is 2.82. The standard InChI is InChI=1S/C18H20FNO2/c1-13-4-3-5-17(12-13)22-14(2)18(21)20-11-10-15-6-8-16(19)9-7-15/h3-9,12,14H,10-11H2,1-2H3,(H,20,21). The molecule has 0 spiro atoms. The third-order valence-electron chi connectivity index (χ3n) is 3.30. The van der Waals surface area contributed by atoms with Crippen molar-refractivity contribution < 1.29 is 13.9 Å². The van der Waals surface area contributed by atoms with E-state index in [1.807, 2.05) is 31.2 Å². The predicted octanol–water partition coefficient (Wildman–Crippen LogP) is 3.26. The van der Waals surface area contributed by atoms with Crippen LogP contribution in [-0.2, 0) is 11.2 Å². The van der Waals surface area contributed by atoms with E-state index in [-0.39, 0.29) is 11.7 Å². The van der Waals surface area contributed by atoms with Gasteiger partial charge in [-0.1, -0.05) is 24.3 Å². The summed E-state index contributed by atoms with van der Waals surface area (Å²) in [7, 11) is 0. The molecule has 0 fully saturated rings. The number of hydrogen-bond acceptors (Lipinski definition) is 2. The first kappa shape index (κ1) is 16.0. The monoisotopic (exact) mass is 301 g/mol. The van der Waals surface area contributed by atoms with Gasteiger partial charge in [0.15, 0.2) is 6.10 Å². The molecule has 116 valence electrons. The fourth-order valence-corrected chi connectivity index (χ4v) is 2.07. The fourth-order valence-electron chi connectivity index (χ4n) is 2.07. The third-order valence-corrected chi connectivity index (χ3v) is 3.30. The molecule has 0 saturated carbocycles. The highest BCUT2D eigenvalue weighted by Gasteiger charge is 2.13. The first-order chi connectivity index (χ1) is 10.5. The highest BCUT2D eigenvalue weighted by molar-refractivity contribution is 5.80. The number of rotatable bonds is 6. The second-order valence-corrected chi connectivity index (χ2v) is 5.24. The lowest BCUT2D eigenvalue weighted by atomic mass is 10.1. The zero-order chi connectivity index (χ0) is 15.9. The maximum absolute atomic E-state index is 12.8. The van der Waals surface area contributed by atoms with Gasteiger partial charge in [-0.05, 0) is 55.7 Å². The third kappa shape index (κ3) is 4.88. The molecular weight excluding hydrogens is 281 g/mol. The summed E-state index contributed by atoms with van der Waals surface area (Å²) in [5.74, 6) is 0.262. The van der Waals surface area contributed by atoms with Gasteiger partial charge >= 0.3 is 0 Å². The summed E-state index contributed by atoms with van der Waals surface area (Å²) in [6, 6.07) is 13.9. The molecule has 0 aliphatic carbocycles. The van der Waals surface area contributed by atoms with Crippen molar-refractivity contribution in [3.8, 4) is 5.75 Å². The zero-order valence-corrected chi connectivity index (χ0v) is 12.8. The van der Waals surface area contributed by atoms with E-state index in [2.05, 4.69) is 5.32 Å². The van der Waals surface area contributed by atoms with Crippen LogP contribution >= 0.6 is 0 Å². The minimum absolute atomic E-state index is 0.163. The Morgan fingerprint density at radius 3 is 2.64 bits per heavy atom. The number of nitrogens with one attached hydrogen (secondary N) is 1. The molecule has 1 N–H and O–H groups in total. The van der Waals surface area contributed by atoms with Gasteiger partial charge in [0.25, 0.3) is 5.91 Å². The van der Waals surface area contributed by atoms with Gasteiger partial charge in [0.2, 0.25) is 0 Å². The van der Waals surface area contributed by atoms with Crippen LogP contribution in [0.5, 0.6) is 5.75 Å². The first-order valence-electron chi connectivity index (χ1n) is 7.30. The summed E-state index contributed by atoms with van der Waals surface area (Å²) in [6.45, 7) is 4.18. The predicted molar refractivity (Wildman–Crippen MR) is 84.4 cm³/mol. The van der Waals surface area contributed by atoms with Crippen molar-refractivity contribution in [3.05, 3.63) is 65.5 Å². The van der Waals surface area contributed by atoms with Crippen LogP contribution in [0.2, 0.25) is 0 Å². The molecule has 0 aliphatic heterocycles. The minimum atomic E-state index is -0.560. The van der Waals surface area contributed by atoms with E-state index in [0.717, 1.165) is 11.1 Å². The molecule has 22 heavy (non-hydrogen) atoms. The maximum atomic E-state index is 12.8. The van der Waals surface area contributed by atoms with E-state index >= 15 is 0 Å². The fraction of sp³-hybridized carbons (Fsp3) is 0.278. The van der Waals surface area contributed by atoms with Gasteiger partial charge in [-0.25, -0.2) is 4.39 Å². The number of amides is 1. The Morgan fingerprint density at radius 2 is 1.95 bits per heavy atom. The molecule has 0 radical (unpaired) electrons. The van der Waals surface area contributed by atoms with Gasteiger partial charge in [-0.15, -0.1) is 0 Å². The summed E-state index contributed by atoms with van der Waals surface area (Å²) >= 11 is 0. The molecule has 0 aromatic heterocycles.